The van der Waals surface area contributed by atoms with Crippen molar-refractivity contribution >= 4 is 5.82 Å². The average Bonchev–Trinajstić information content (AvgIpc) is 2.39. The Morgan fingerprint density at radius 2 is 1.89 bits per heavy atom. The predicted molar refractivity (Wildman–Crippen MR) is 63.1 cm³/mol. The number of anilines is 1. The molecule has 0 saturated heterocycles. The molecule has 7 heteroatoms. The Hall–Kier alpha value is -2.31. The number of nitrogens with zero attached hydrogens (tertiary/aromatic N) is 2. The maximum atomic E-state index is 12.6. The molecule has 0 fully saturated rings. The van der Waals surface area contributed by atoms with Crippen molar-refractivity contribution in [2.24, 2.45) is 0 Å². The van der Waals surface area contributed by atoms with Crippen molar-refractivity contribution in [1.29, 1.82) is 0 Å². The van der Waals surface area contributed by atoms with Crippen LogP contribution in [0.2, 0.25) is 0 Å². The highest BCUT2D eigenvalue weighted by atomic mass is 19.4. The average molecular weight is 269 g/mol. The summed E-state index contributed by atoms with van der Waals surface area (Å²) < 4.78 is 43.0. The van der Waals surface area contributed by atoms with E-state index in [2.05, 4.69) is 15.3 Å². The number of alkyl halides is 3. The van der Waals surface area contributed by atoms with Gasteiger partial charge in [-0.25, -0.2) is 9.97 Å². The van der Waals surface area contributed by atoms with Crippen molar-refractivity contribution in [3.8, 4) is 11.6 Å². The van der Waals surface area contributed by atoms with Gasteiger partial charge in [-0.2, -0.15) is 13.2 Å². The molecule has 0 aliphatic heterocycles. The van der Waals surface area contributed by atoms with E-state index in [1.165, 1.54) is 24.5 Å². The molecule has 0 unspecified atom stereocenters. The number of benzene rings is 1. The molecule has 0 amide bonds. The highest BCUT2D eigenvalue weighted by molar-refractivity contribution is 5.46. The summed E-state index contributed by atoms with van der Waals surface area (Å²) >= 11 is 0. The summed E-state index contributed by atoms with van der Waals surface area (Å²) in [6, 6.07) is 4.58. The van der Waals surface area contributed by atoms with Gasteiger partial charge in [-0.15, -0.1) is 0 Å². The Balaban J connectivity index is 2.29. The van der Waals surface area contributed by atoms with Crippen molar-refractivity contribution in [1.82, 2.24) is 9.97 Å². The van der Waals surface area contributed by atoms with Gasteiger partial charge in [-0.3, -0.25) is 0 Å². The molecule has 100 valence electrons. The smallest absolute Gasteiger partial charge is 0.416 e. The van der Waals surface area contributed by atoms with Gasteiger partial charge in [0.25, 0.3) is 5.88 Å². The number of rotatable bonds is 3. The van der Waals surface area contributed by atoms with Crippen LogP contribution in [0.3, 0.4) is 0 Å². The molecule has 1 N–H and O–H groups in total. The summed E-state index contributed by atoms with van der Waals surface area (Å²) in [5.41, 5.74) is -0.778. The number of nitrogens with one attached hydrogen (secondary N) is 1. The summed E-state index contributed by atoms with van der Waals surface area (Å²) in [6.07, 6.45) is -1.57. The van der Waals surface area contributed by atoms with E-state index in [0.29, 0.717) is 5.82 Å². The van der Waals surface area contributed by atoms with Gasteiger partial charge in [0.1, 0.15) is 5.75 Å². The van der Waals surface area contributed by atoms with E-state index >= 15 is 0 Å². The lowest BCUT2D eigenvalue weighted by Gasteiger charge is -2.10. The Bertz CT molecular complexity index is 572. The molecule has 0 spiro atoms. The summed E-state index contributed by atoms with van der Waals surface area (Å²) in [4.78, 5) is 7.85. The van der Waals surface area contributed by atoms with Gasteiger partial charge in [-0.05, 0) is 18.2 Å². The first-order valence-corrected chi connectivity index (χ1v) is 5.34. The Kier molecular flexibility index (Phi) is 3.55. The molecule has 0 atom stereocenters. The fourth-order valence-corrected chi connectivity index (χ4v) is 1.42. The van der Waals surface area contributed by atoms with E-state index in [9.17, 15) is 13.2 Å². The van der Waals surface area contributed by atoms with Gasteiger partial charge < -0.3 is 10.1 Å². The van der Waals surface area contributed by atoms with Crippen LogP contribution in [0.5, 0.6) is 11.6 Å². The molecule has 1 heterocycles. The standard InChI is InChI=1S/C12H10F3N3O/c1-16-10-11(18-6-5-17-10)19-9-4-2-3-8(7-9)12(13,14)15/h2-7H,1H3,(H,16,17). The first kappa shape index (κ1) is 13.1. The third kappa shape index (κ3) is 3.12. The van der Waals surface area contributed by atoms with E-state index in [0.717, 1.165) is 12.1 Å². The molecule has 0 aliphatic carbocycles. The molecule has 2 rings (SSSR count). The lowest BCUT2D eigenvalue weighted by molar-refractivity contribution is -0.137. The van der Waals surface area contributed by atoms with Crippen LogP contribution in [0, 0.1) is 0 Å². The minimum Gasteiger partial charge on any atom is -0.436 e. The third-order valence-corrected chi connectivity index (χ3v) is 2.28. The minimum atomic E-state index is -4.41. The molecule has 0 aliphatic rings. The molecular formula is C12H10F3N3O. The van der Waals surface area contributed by atoms with E-state index in [1.54, 1.807) is 7.05 Å². The Morgan fingerprint density at radius 3 is 2.58 bits per heavy atom. The zero-order valence-electron chi connectivity index (χ0n) is 9.90. The van der Waals surface area contributed by atoms with E-state index in [4.69, 9.17) is 4.74 Å². The van der Waals surface area contributed by atoms with Crippen LogP contribution in [0.1, 0.15) is 5.56 Å². The fourth-order valence-electron chi connectivity index (χ4n) is 1.42. The van der Waals surface area contributed by atoms with E-state index < -0.39 is 11.7 Å². The lowest BCUT2D eigenvalue weighted by atomic mass is 10.2. The van der Waals surface area contributed by atoms with Gasteiger partial charge >= 0.3 is 6.18 Å². The predicted octanol–water partition coefficient (Wildman–Crippen LogP) is 3.33. The fraction of sp³-hybridized carbons (Fsp3) is 0.167. The van der Waals surface area contributed by atoms with E-state index in [-0.39, 0.29) is 11.6 Å². The Morgan fingerprint density at radius 1 is 1.16 bits per heavy atom. The molecule has 1 aromatic heterocycles. The second-order valence-corrected chi connectivity index (χ2v) is 3.59. The SMILES string of the molecule is CNc1nccnc1Oc1cccc(C(F)(F)F)c1. The zero-order valence-corrected chi connectivity index (χ0v) is 9.90. The van der Waals surface area contributed by atoms with Crippen molar-refractivity contribution < 1.29 is 17.9 Å². The largest absolute Gasteiger partial charge is 0.436 e. The summed E-state index contributed by atoms with van der Waals surface area (Å²) in [5, 5.41) is 2.74. The molecule has 1 aromatic carbocycles. The summed E-state index contributed by atoms with van der Waals surface area (Å²) in [7, 11) is 1.61. The normalized spacial score (nSPS) is 11.2. The first-order valence-electron chi connectivity index (χ1n) is 5.34. The summed E-state index contributed by atoms with van der Waals surface area (Å²) in [6.45, 7) is 0. The molecule has 0 radical (unpaired) electrons. The number of hydrogen-bond donors (Lipinski definition) is 1. The van der Waals surface area contributed by atoms with Gasteiger partial charge in [0.05, 0.1) is 5.56 Å². The lowest BCUT2D eigenvalue weighted by Crippen LogP contribution is -2.05. The minimum absolute atomic E-state index is 0.0480. The van der Waals surface area contributed by atoms with Crippen LogP contribution in [-0.4, -0.2) is 17.0 Å². The second-order valence-electron chi connectivity index (χ2n) is 3.59. The van der Waals surface area contributed by atoms with Gasteiger partial charge in [0, 0.05) is 19.4 Å². The molecule has 4 nitrogen and oxygen atoms in total. The van der Waals surface area contributed by atoms with Gasteiger partial charge in [-0.1, -0.05) is 6.07 Å². The maximum Gasteiger partial charge on any atom is 0.416 e. The maximum absolute atomic E-state index is 12.6. The monoisotopic (exact) mass is 269 g/mol. The first-order chi connectivity index (χ1) is 9.00. The van der Waals surface area contributed by atoms with Crippen LogP contribution in [0.25, 0.3) is 0 Å². The number of aromatic nitrogens is 2. The highest BCUT2D eigenvalue weighted by Gasteiger charge is 2.30. The number of hydrogen-bond acceptors (Lipinski definition) is 4. The molecule has 2 aromatic rings. The molecule has 19 heavy (non-hydrogen) atoms. The van der Waals surface area contributed by atoms with Crippen LogP contribution < -0.4 is 10.1 Å². The van der Waals surface area contributed by atoms with Crippen LogP contribution in [0.15, 0.2) is 36.7 Å². The van der Waals surface area contributed by atoms with Crippen LogP contribution >= 0.6 is 0 Å². The van der Waals surface area contributed by atoms with Crippen molar-refractivity contribution in [2.45, 2.75) is 6.18 Å². The van der Waals surface area contributed by atoms with Gasteiger partial charge in [0.15, 0.2) is 5.82 Å². The highest BCUT2D eigenvalue weighted by Crippen LogP contribution is 2.33. The van der Waals surface area contributed by atoms with Gasteiger partial charge in [0.2, 0.25) is 0 Å². The number of halogens is 3. The third-order valence-electron chi connectivity index (χ3n) is 2.28. The van der Waals surface area contributed by atoms with E-state index in [1.807, 2.05) is 0 Å². The zero-order chi connectivity index (χ0) is 13.9. The molecule has 0 saturated carbocycles. The second kappa shape index (κ2) is 5.13. The molecule has 0 bridgehead atoms. The number of ether oxygens (including phenoxy) is 1. The molecular weight excluding hydrogens is 259 g/mol. The van der Waals surface area contributed by atoms with Crippen LogP contribution in [0.4, 0.5) is 19.0 Å². The summed E-state index contributed by atoms with van der Waals surface area (Å²) in [5.74, 6) is 0.510. The quantitative estimate of drug-likeness (QED) is 0.928. The Labute approximate surface area is 107 Å². The topological polar surface area (TPSA) is 47.0 Å². The van der Waals surface area contributed by atoms with Crippen molar-refractivity contribution in [3.63, 3.8) is 0 Å². The van der Waals surface area contributed by atoms with Crippen molar-refractivity contribution in [3.05, 3.63) is 42.2 Å². The van der Waals surface area contributed by atoms with Crippen molar-refractivity contribution in [2.75, 3.05) is 12.4 Å². The van der Waals surface area contributed by atoms with Crippen LogP contribution in [-0.2, 0) is 6.18 Å².